The first-order valence-electron chi connectivity index (χ1n) is 9.57. The summed E-state index contributed by atoms with van der Waals surface area (Å²) in [4.78, 5) is 17.2. The molecule has 1 aliphatic heterocycles. The number of hydrogen-bond acceptors (Lipinski definition) is 4. The van der Waals surface area contributed by atoms with Crippen LogP contribution in [0.25, 0.3) is 0 Å². The van der Waals surface area contributed by atoms with Crippen LogP contribution < -0.4 is 5.32 Å². The van der Waals surface area contributed by atoms with Gasteiger partial charge in [-0.25, -0.2) is 8.42 Å². The van der Waals surface area contributed by atoms with Gasteiger partial charge in [-0.15, -0.1) is 0 Å². The highest BCUT2D eigenvalue weighted by Crippen LogP contribution is 2.26. The standard InChI is InChI=1S/C21H27N3O3S/c1-15-7-8-20(16(2)14-15)28(26,27)24-12-9-18(10-13-24)21(25)23-17(3)19-6-4-5-11-22-19/h4-8,11,14,17-18H,9-10,12-13H2,1-3H3,(H,23,25). The van der Waals surface area contributed by atoms with Crippen molar-refractivity contribution < 1.29 is 13.2 Å². The van der Waals surface area contributed by atoms with E-state index in [1.165, 1.54) is 4.31 Å². The molecule has 7 heteroatoms. The van der Waals surface area contributed by atoms with E-state index in [9.17, 15) is 13.2 Å². The van der Waals surface area contributed by atoms with E-state index in [0.29, 0.717) is 30.8 Å². The number of pyridine rings is 1. The van der Waals surface area contributed by atoms with E-state index in [-0.39, 0.29) is 17.9 Å². The van der Waals surface area contributed by atoms with Gasteiger partial charge in [0, 0.05) is 25.2 Å². The second-order valence-electron chi connectivity index (χ2n) is 7.43. The van der Waals surface area contributed by atoms with Crippen LogP contribution in [0.1, 0.15) is 42.6 Å². The topological polar surface area (TPSA) is 79.4 Å². The number of amides is 1. The summed E-state index contributed by atoms with van der Waals surface area (Å²) in [6.45, 7) is 6.37. The molecule has 1 aliphatic rings. The van der Waals surface area contributed by atoms with Crippen molar-refractivity contribution in [2.45, 2.75) is 44.6 Å². The molecule has 3 rings (SSSR count). The lowest BCUT2D eigenvalue weighted by molar-refractivity contribution is -0.126. The number of piperidine rings is 1. The number of aryl methyl sites for hydroxylation is 2. The zero-order valence-electron chi connectivity index (χ0n) is 16.6. The molecule has 1 atom stereocenters. The van der Waals surface area contributed by atoms with Gasteiger partial charge in [0.1, 0.15) is 0 Å². The summed E-state index contributed by atoms with van der Waals surface area (Å²) < 4.78 is 27.4. The van der Waals surface area contributed by atoms with Gasteiger partial charge in [-0.1, -0.05) is 23.8 Å². The van der Waals surface area contributed by atoms with Crippen LogP contribution in [0.3, 0.4) is 0 Å². The van der Waals surface area contributed by atoms with Crippen LogP contribution in [0.2, 0.25) is 0 Å². The van der Waals surface area contributed by atoms with Crippen LogP contribution in [-0.2, 0) is 14.8 Å². The molecule has 150 valence electrons. The van der Waals surface area contributed by atoms with Gasteiger partial charge in [-0.2, -0.15) is 4.31 Å². The van der Waals surface area contributed by atoms with Crippen LogP contribution in [-0.4, -0.2) is 36.7 Å². The van der Waals surface area contributed by atoms with Gasteiger partial charge in [-0.3, -0.25) is 9.78 Å². The van der Waals surface area contributed by atoms with Crippen molar-refractivity contribution in [1.82, 2.24) is 14.6 Å². The number of rotatable bonds is 5. The number of carbonyl (C=O) groups excluding carboxylic acids is 1. The van der Waals surface area contributed by atoms with Crippen LogP contribution in [0.5, 0.6) is 0 Å². The molecule has 0 radical (unpaired) electrons. The van der Waals surface area contributed by atoms with Crippen molar-refractivity contribution in [3.63, 3.8) is 0 Å². The van der Waals surface area contributed by atoms with E-state index < -0.39 is 10.0 Å². The number of carbonyl (C=O) groups is 1. The normalized spacial score (nSPS) is 17.2. The minimum atomic E-state index is -3.53. The van der Waals surface area contributed by atoms with E-state index in [0.717, 1.165) is 16.8 Å². The molecule has 2 heterocycles. The first-order chi connectivity index (χ1) is 13.3. The summed E-state index contributed by atoms with van der Waals surface area (Å²) in [5.41, 5.74) is 2.60. The molecule has 0 spiro atoms. The lowest BCUT2D eigenvalue weighted by atomic mass is 9.97. The Bertz CT molecular complexity index is 937. The second-order valence-corrected chi connectivity index (χ2v) is 9.34. The fraction of sp³-hybridized carbons (Fsp3) is 0.429. The number of benzene rings is 1. The molecule has 1 saturated heterocycles. The summed E-state index contributed by atoms with van der Waals surface area (Å²) >= 11 is 0. The maximum atomic E-state index is 13.0. The van der Waals surface area contributed by atoms with Gasteiger partial charge in [0.15, 0.2) is 0 Å². The molecule has 1 N–H and O–H groups in total. The Kier molecular flexibility index (Phi) is 6.15. The third kappa shape index (κ3) is 4.42. The highest BCUT2D eigenvalue weighted by molar-refractivity contribution is 7.89. The molecular weight excluding hydrogens is 374 g/mol. The zero-order chi connectivity index (χ0) is 20.3. The van der Waals surface area contributed by atoms with Crippen molar-refractivity contribution in [1.29, 1.82) is 0 Å². The summed E-state index contributed by atoms with van der Waals surface area (Å²) in [7, 11) is -3.53. The summed E-state index contributed by atoms with van der Waals surface area (Å²) in [5, 5.41) is 3.00. The van der Waals surface area contributed by atoms with E-state index in [1.54, 1.807) is 12.3 Å². The molecular formula is C21H27N3O3S. The number of sulfonamides is 1. The van der Waals surface area contributed by atoms with Crippen molar-refractivity contribution in [3.8, 4) is 0 Å². The average molecular weight is 402 g/mol. The van der Waals surface area contributed by atoms with Gasteiger partial charge in [0.2, 0.25) is 15.9 Å². The van der Waals surface area contributed by atoms with Crippen molar-refractivity contribution in [2.24, 2.45) is 5.92 Å². The summed E-state index contributed by atoms with van der Waals surface area (Å²) in [6, 6.07) is 10.8. The number of aromatic nitrogens is 1. The molecule has 1 fully saturated rings. The predicted octanol–water partition coefficient (Wildman–Crippen LogP) is 2.98. The van der Waals surface area contributed by atoms with Crippen molar-refractivity contribution >= 4 is 15.9 Å². The Morgan fingerprint density at radius 2 is 1.89 bits per heavy atom. The van der Waals surface area contributed by atoms with E-state index in [1.807, 2.05) is 51.1 Å². The molecule has 0 saturated carbocycles. The molecule has 1 unspecified atom stereocenters. The van der Waals surface area contributed by atoms with Gasteiger partial charge < -0.3 is 5.32 Å². The van der Waals surface area contributed by atoms with Crippen LogP contribution in [0.4, 0.5) is 0 Å². The Balaban J connectivity index is 1.61. The van der Waals surface area contributed by atoms with Crippen LogP contribution in [0.15, 0.2) is 47.5 Å². The number of hydrogen-bond donors (Lipinski definition) is 1. The Morgan fingerprint density at radius 3 is 2.50 bits per heavy atom. The van der Waals surface area contributed by atoms with Crippen molar-refractivity contribution in [3.05, 3.63) is 59.4 Å². The van der Waals surface area contributed by atoms with Gasteiger partial charge in [0.25, 0.3) is 0 Å². The lowest BCUT2D eigenvalue weighted by Gasteiger charge is -2.31. The highest BCUT2D eigenvalue weighted by atomic mass is 32.2. The fourth-order valence-corrected chi connectivity index (χ4v) is 5.30. The largest absolute Gasteiger partial charge is 0.348 e. The maximum absolute atomic E-state index is 13.0. The van der Waals surface area contributed by atoms with E-state index in [2.05, 4.69) is 10.3 Å². The van der Waals surface area contributed by atoms with Crippen LogP contribution >= 0.6 is 0 Å². The SMILES string of the molecule is Cc1ccc(S(=O)(=O)N2CCC(C(=O)NC(C)c3ccccn3)CC2)c(C)c1. The second kappa shape index (κ2) is 8.41. The Morgan fingerprint density at radius 1 is 1.18 bits per heavy atom. The summed E-state index contributed by atoms with van der Waals surface area (Å²) in [5.74, 6) is -0.224. The predicted molar refractivity (Wildman–Crippen MR) is 108 cm³/mol. The third-order valence-corrected chi connectivity index (χ3v) is 7.32. The monoisotopic (exact) mass is 401 g/mol. The first kappa shape index (κ1) is 20.5. The smallest absolute Gasteiger partial charge is 0.243 e. The zero-order valence-corrected chi connectivity index (χ0v) is 17.4. The molecule has 2 aromatic rings. The number of nitrogens with zero attached hydrogens (tertiary/aromatic N) is 2. The third-order valence-electron chi connectivity index (χ3n) is 5.26. The molecule has 28 heavy (non-hydrogen) atoms. The molecule has 0 bridgehead atoms. The molecule has 6 nitrogen and oxygen atoms in total. The van der Waals surface area contributed by atoms with E-state index in [4.69, 9.17) is 0 Å². The van der Waals surface area contributed by atoms with E-state index >= 15 is 0 Å². The Labute approximate surface area is 167 Å². The number of nitrogens with one attached hydrogen (secondary N) is 1. The van der Waals surface area contributed by atoms with Crippen LogP contribution in [0, 0.1) is 19.8 Å². The lowest BCUT2D eigenvalue weighted by Crippen LogP contribution is -2.43. The maximum Gasteiger partial charge on any atom is 0.243 e. The quantitative estimate of drug-likeness (QED) is 0.835. The van der Waals surface area contributed by atoms with Crippen molar-refractivity contribution in [2.75, 3.05) is 13.1 Å². The fourth-order valence-electron chi connectivity index (χ4n) is 3.62. The minimum absolute atomic E-state index is 0.0401. The minimum Gasteiger partial charge on any atom is -0.348 e. The van der Waals surface area contributed by atoms with Gasteiger partial charge in [0.05, 0.1) is 16.6 Å². The van der Waals surface area contributed by atoms with Gasteiger partial charge in [-0.05, 0) is 57.4 Å². The molecule has 1 amide bonds. The molecule has 1 aromatic heterocycles. The van der Waals surface area contributed by atoms with Gasteiger partial charge >= 0.3 is 0 Å². The molecule has 1 aromatic carbocycles. The highest BCUT2D eigenvalue weighted by Gasteiger charge is 2.33. The Hall–Kier alpha value is -2.25. The first-order valence-corrected chi connectivity index (χ1v) is 11.0. The summed E-state index contributed by atoms with van der Waals surface area (Å²) in [6.07, 6.45) is 2.74. The average Bonchev–Trinajstić information content (AvgIpc) is 2.68. The molecule has 0 aliphatic carbocycles.